The molecule has 3 N–H and O–H groups in total. The molecule has 1 aromatic heterocycles. The van der Waals surface area contributed by atoms with Crippen molar-refractivity contribution in [1.82, 2.24) is 15.3 Å². The lowest BCUT2D eigenvalue weighted by Crippen LogP contribution is -2.34. The molecule has 4 rings (SSSR count). The molecule has 10 heteroatoms. The van der Waals surface area contributed by atoms with Crippen LogP contribution in [-0.4, -0.2) is 28.8 Å². The lowest BCUT2D eigenvalue weighted by atomic mass is 9.95. The van der Waals surface area contributed by atoms with Crippen molar-refractivity contribution in [2.45, 2.75) is 27.3 Å². The first kappa shape index (κ1) is 27.3. The predicted octanol–water partition coefficient (Wildman–Crippen LogP) is 6.70. The van der Waals surface area contributed by atoms with E-state index >= 15 is 0 Å². The Balaban J connectivity index is 1.65. The van der Waals surface area contributed by atoms with Crippen molar-refractivity contribution in [3.63, 3.8) is 0 Å². The van der Waals surface area contributed by atoms with Crippen LogP contribution in [0.1, 0.15) is 36.7 Å². The lowest BCUT2D eigenvalue weighted by molar-refractivity contribution is -0.128. The number of carbonyl (C=O) groups excluding carboxylic acids is 2. The first-order valence-corrected chi connectivity index (χ1v) is 12.6. The number of rotatable bonds is 6. The van der Waals surface area contributed by atoms with Gasteiger partial charge in [0.05, 0.1) is 26.7 Å². The molecule has 0 radical (unpaired) electrons. The van der Waals surface area contributed by atoms with E-state index in [-0.39, 0.29) is 39.4 Å². The number of aromatic nitrogens is 2. The van der Waals surface area contributed by atoms with Gasteiger partial charge >= 0.3 is 0 Å². The van der Waals surface area contributed by atoms with Gasteiger partial charge in [0, 0.05) is 30.1 Å². The van der Waals surface area contributed by atoms with Crippen molar-refractivity contribution in [3.05, 3.63) is 81.6 Å². The molecule has 3 aromatic carbocycles. The fourth-order valence-electron chi connectivity index (χ4n) is 3.74. The third-order valence-electron chi connectivity index (χ3n) is 5.83. The zero-order valence-corrected chi connectivity index (χ0v) is 22.8. The van der Waals surface area contributed by atoms with Crippen LogP contribution in [0.15, 0.2) is 54.6 Å². The standard InChI is InChI=1S/C28H26Cl2FN5O2/c1-28(2,3)27(38)33-14-15-9-12-19(29)22(23(15)30)26(37)34-16-10-11-18-21(13-16)35-25(36-24(18)32-4)17-7-5-6-8-20(17)31/h5-13H,14H2,1-4H3,(H,33,38)(H,34,37)(H,32,35,36). The summed E-state index contributed by atoms with van der Waals surface area (Å²) in [7, 11) is 1.71. The van der Waals surface area contributed by atoms with Gasteiger partial charge < -0.3 is 16.0 Å². The van der Waals surface area contributed by atoms with Gasteiger partial charge in [0.15, 0.2) is 5.82 Å². The Morgan fingerprint density at radius 2 is 1.74 bits per heavy atom. The number of halogens is 3. The van der Waals surface area contributed by atoms with E-state index in [0.29, 0.717) is 28.0 Å². The number of hydrogen-bond acceptors (Lipinski definition) is 5. The van der Waals surface area contributed by atoms with E-state index < -0.39 is 17.1 Å². The molecule has 7 nitrogen and oxygen atoms in total. The largest absolute Gasteiger partial charge is 0.373 e. The topological polar surface area (TPSA) is 96.0 Å². The number of anilines is 2. The molecule has 0 aliphatic carbocycles. The van der Waals surface area contributed by atoms with E-state index in [1.807, 2.05) is 0 Å². The fraction of sp³-hybridized carbons (Fsp3) is 0.214. The van der Waals surface area contributed by atoms with Crippen LogP contribution in [0.25, 0.3) is 22.3 Å². The normalized spacial score (nSPS) is 11.3. The summed E-state index contributed by atoms with van der Waals surface area (Å²) in [6.07, 6.45) is 0. The number of amides is 2. The van der Waals surface area contributed by atoms with Crippen LogP contribution >= 0.6 is 23.2 Å². The third kappa shape index (κ3) is 5.71. The molecule has 2 amide bonds. The summed E-state index contributed by atoms with van der Waals surface area (Å²) in [5, 5.41) is 9.65. The molecule has 0 saturated carbocycles. The van der Waals surface area contributed by atoms with Crippen molar-refractivity contribution < 1.29 is 14.0 Å². The Morgan fingerprint density at radius 3 is 2.42 bits per heavy atom. The van der Waals surface area contributed by atoms with Gasteiger partial charge in [-0.15, -0.1) is 0 Å². The van der Waals surface area contributed by atoms with E-state index in [1.165, 1.54) is 6.07 Å². The number of hydrogen-bond donors (Lipinski definition) is 3. The molecule has 0 bridgehead atoms. The minimum atomic E-state index is -0.571. The van der Waals surface area contributed by atoms with E-state index in [0.717, 1.165) is 0 Å². The van der Waals surface area contributed by atoms with Gasteiger partial charge in [-0.1, -0.05) is 62.2 Å². The summed E-state index contributed by atoms with van der Waals surface area (Å²) in [4.78, 5) is 34.5. The van der Waals surface area contributed by atoms with Crippen LogP contribution < -0.4 is 16.0 Å². The van der Waals surface area contributed by atoms with Crippen LogP contribution in [0.4, 0.5) is 15.9 Å². The lowest BCUT2D eigenvalue weighted by Gasteiger charge is -2.18. The predicted molar refractivity (Wildman–Crippen MR) is 150 cm³/mol. The van der Waals surface area contributed by atoms with Crippen LogP contribution in [0.3, 0.4) is 0 Å². The molecule has 0 aliphatic heterocycles. The van der Waals surface area contributed by atoms with Crippen LogP contribution in [0.2, 0.25) is 10.0 Å². The van der Waals surface area contributed by atoms with Gasteiger partial charge in [0.2, 0.25) is 5.91 Å². The maximum Gasteiger partial charge on any atom is 0.258 e. The smallest absolute Gasteiger partial charge is 0.258 e. The Kier molecular flexibility index (Phi) is 7.85. The molecular formula is C28H26Cl2FN5O2. The summed E-state index contributed by atoms with van der Waals surface area (Å²) >= 11 is 12.9. The first-order valence-electron chi connectivity index (χ1n) is 11.8. The average Bonchev–Trinajstić information content (AvgIpc) is 2.87. The Labute approximate surface area is 229 Å². The summed E-state index contributed by atoms with van der Waals surface area (Å²) in [5.74, 6) is -0.396. The molecule has 0 fully saturated rings. The second-order valence-corrected chi connectivity index (χ2v) is 10.4. The highest BCUT2D eigenvalue weighted by Gasteiger charge is 2.23. The van der Waals surface area contributed by atoms with Crippen molar-refractivity contribution in [1.29, 1.82) is 0 Å². The number of carbonyl (C=O) groups is 2. The molecule has 38 heavy (non-hydrogen) atoms. The highest BCUT2D eigenvalue weighted by atomic mass is 35.5. The molecule has 196 valence electrons. The van der Waals surface area contributed by atoms with E-state index in [2.05, 4.69) is 25.9 Å². The van der Waals surface area contributed by atoms with Gasteiger partial charge in [-0.2, -0.15) is 0 Å². The van der Waals surface area contributed by atoms with Crippen LogP contribution in [-0.2, 0) is 11.3 Å². The second kappa shape index (κ2) is 10.9. The SMILES string of the molecule is CNc1nc(-c2ccccc2F)nc2cc(NC(=O)c3c(Cl)ccc(CNC(=O)C(C)(C)C)c3Cl)ccc12. The summed E-state index contributed by atoms with van der Waals surface area (Å²) in [5.41, 5.74) is 1.25. The summed E-state index contributed by atoms with van der Waals surface area (Å²) in [6, 6.07) is 14.6. The molecule has 4 aromatic rings. The van der Waals surface area contributed by atoms with Crippen molar-refractivity contribution in [3.8, 4) is 11.4 Å². The highest BCUT2D eigenvalue weighted by Crippen LogP contribution is 2.31. The van der Waals surface area contributed by atoms with E-state index in [4.69, 9.17) is 23.2 Å². The Bertz CT molecular complexity index is 1550. The van der Waals surface area contributed by atoms with Gasteiger partial charge in [-0.3, -0.25) is 9.59 Å². The average molecular weight is 554 g/mol. The number of nitrogens with one attached hydrogen (secondary N) is 3. The molecule has 0 atom stereocenters. The quantitative estimate of drug-likeness (QED) is 0.247. The fourth-order valence-corrected chi connectivity index (χ4v) is 4.34. The number of nitrogens with zero attached hydrogens (tertiary/aromatic N) is 2. The molecule has 0 saturated heterocycles. The molecule has 0 unspecified atom stereocenters. The summed E-state index contributed by atoms with van der Waals surface area (Å²) in [6.45, 7) is 5.55. The number of fused-ring (bicyclic) bond motifs is 1. The van der Waals surface area contributed by atoms with Crippen molar-refractivity contribution in [2.24, 2.45) is 5.41 Å². The Morgan fingerprint density at radius 1 is 1.00 bits per heavy atom. The molecule has 0 aliphatic rings. The van der Waals surface area contributed by atoms with E-state index in [9.17, 15) is 14.0 Å². The third-order valence-corrected chi connectivity index (χ3v) is 6.57. The van der Waals surface area contributed by atoms with Gasteiger partial charge in [0.1, 0.15) is 11.6 Å². The maximum absolute atomic E-state index is 14.4. The van der Waals surface area contributed by atoms with E-state index in [1.54, 1.807) is 76.3 Å². The highest BCUT2D eigenvalue weighted by molar-refractivity contribution is 6.40. The van der Waals surface area contributed by atoms with Gasteiger partial charge in [-0.25, -0.2) is 14.4 Å². The molecule has 0 spiro atoms. The molecular weight excluding hydrogens is 528 g/mol. The monoisotopic (exact) mass is 553 g/mol. The van der Waals surface area contributed by atoms with Crippen LogP contribution in [0, 0.1) is 11.2 Å². The van der Waals surface area contributed by atoms with Crippen LogP contribution in [0.5, 0.6) is 0 Å². The number of benzene rings is 3. The van der Waals surface area contributed by atoms with Gasteiger partial charge in [-0.05, 0) is 42.0 Å². The molecule has 1 heterocycles. The second-order valence-electron chi connectivity index (χ2n) is 9.64. The van der Waals surface area contributed by atoms with Gasteiger partial charge in [0.25, 0.3) is 5.91 Å². The summed E-state index contributed by atoms with van der Waals surface area (Å²) < 4.78 is 14.4. The zero-order valence-electron chi connectivity index (χ0n) is 21.2. The van der Waals surface area contributed by atoms with Crippen molar-refractivity contribution >= 4 is 57.4 Å². The first-order chi connectivity index (χ1) is 18.0. The van der Waals surface area contributed by atoms with Crippen molar-refractivity contribution in [2.75, 3.05) is 17.7 Å². The maximum atomic E-state index is 14.4. The minimum Gasteiger partial charge on any atom is -0.373 e. The zero-order chi connectivity index (χ0) is 27.6. The Hall–Kier alpha value is -3.75. The minimum absolute atomic E-state index is 0.0848.